The van der Waals surface area contributed by atoms with Crippen molar-refractivity contribution in [2.75, 3.05) is 39.3 Å². The number of aryl methyl sites for hydroxylation is 1. The third-order valence-corrected chi connectivity index (χ3v) is 7.02. The van der Waals surface area contributed by atoms with Gasteiger partial charge >= 0.3 is 0 Å². The van der Waals surface area contributed by atoms with Crippen LogP contribution < -0.4 is 0 Å². The summed E-state index contributed by atoms with van der Waals surface area (Å²) in [5, 5.41) is 0. The van der Waals surface area contributed by atoms with E-state index in [0.29, 0.717) is 17.2 Å². The number of rotatable bonds is 3. The summed E-state index contributed by atoms with van der Waals surface area (Å²) in [5.74, 6) is 0.440. The molecule has 1 amide bonds. The monoisotopic (exact) mass is 388 g/mol. The van der Waals surface area contributed by atoms with Crippen LogP contribution in [-0.4, -0.2) is 61.1 Å². The van der Waals surface area contributed by atoms with Crippen molar-refractivity contribution in [3.8, 4) is 0 Å². The van der Waals surface area contributed by atoms with Crippen LogP contribution in [0.4, 0.5) is 4.39 Å². The average Bonchev–Trinajstić information content (AvgIpc) is 3.06. The largest absolute Gasteiger partial charge is 0.376 e. The Morgan fingerprint density at radius 3 is 2.79 bits per heavy atom. The molecule has 1 spiro atoms. The summed E-state index contributed by atoms with van der Waals surface area (Å²) in [6.07, 6.45) is 6.06. The van der Waals surface area contributed by atoms with Gasteiger partial charge in [0.05, 0.1) is 12.7 Å². The molecule has 3 saturated heterocycles. The van der Waals surface area contributed by atoms with E-state index in [2.05, 4.69) is 11.8 Å². The van der Waals surface area contributed by atoms with Crippen molar-refractivity contribution in [3.63, 3.8) is 0 Å². The molecule has 4 rings (SSSR count). The fourth-order valence-corrected chi connectivity index (χ4v) is 5.19. The molecule has 0 saturated carbocycles. The molecular weight excluding hydrogens is 355 g/mol. The highest BCUT2D eigenvalue weighted by Crippen LogP contribution is 2.42. The van der Waals surface area contributed by atoms with Crippen LogP contribution in [0.25, 0.3) is 0 Å². The number of likely N-dealkylation sites (tertiary alicyclic amines) is 2. The van der Waals surface area contributed by atoms with Gasteiger partial charge in [-0.15, -0.1) is 0 Å². The minimum atomic E-state index is -0.307. The van der Waals surface area contributed by atoms with Crippen molar-refractivity contribution < 1.29 is 13.9 Å². The molecule has 0 aromatic heterocycles. The van der Waals surface area contributed by atoms with E-state index in [0.717, 1.165) is 51.4 Å². The van der Waals surface area contributed by atoms with Crippen molar-refractivity contribution in [2.45, 2.75) is 52.1 Å². The molecule has 3 aliphatic heterocycles. The number of piperidine rings is 2. The zero-order chi connectivity index (χ0) is 19.7. The average molecular weight is 389 g/mol. The highest BCUT2D eigenvalue weighted by molar-refractivity contribution is 5.94. The van der Waals surface area contributed by atoms with Gasteiger partial charge in [0.15, 0.2) is 0 Å². The minimum Gasteiger partial charge on any atom is -0.376 e. The van der Waals surface area contributed by atoms with Crippen LogP contribution in [0, 0.1) is 24.1 Å². The van der Waals surface area contributed by atoms with Gasteiger partial charge in [-0.1, -0.05) is 13.0 Å². The Labute approximate surface area is 168 Å². The summed E-state index contributed by atoms with van der Waals surface area (Å²) in [6, 6.07) is 4.79. The Balaban J connectivity index is 1.30. The van der Waals surface area contributed by atoms with E-state index >= 15 is 0 Å². The Morgan fingerprint density at radius 2 is 2.07 bits per heavy atom. The van der Waals surface area contributed by atoms with Crippen LogP contribution in [0.3, 0.4) is 0 Å². The van der Waals surface area contributed by atoms with Crippen LogP contribution in [0.1, 0.15) is 54.9 Å². The molecule has 3 aliphatic rings. The van der Waals surface area contributed by atoms with Gasteiger partial charge in [0.1, 0.15) is 5.82 Å². The minimum absolute atomic E-state index is 0.0495. The smallest absolute Gasteiger partial charge is 0.253 e. The zero-order valence-electron chi connectivity index (χ0n) is 17.3. The SMILES string of the molecule is Cc1ccc(C(=O)N2CCC3(CC2)CO[C@H](CN2CCC[C@H](C)C2)C3)cc1F. The number of halogens is 1. The van der Waals surface area contributed by atoms with E-state index in [1.807, 2.05) is 4.90 Å². The molecule has 2 atom stereocenters. The molecule has 5 heteroatoms. The molecule has 1 aromatic rings. The van der Waals surface area contributed by atoms with Crippen LogP contribution in [0.2, 0.25) is 0 Å². The fraction of sp³-hybridized carbons (Fsp3) is 0.696. The van der Waals surface area contributed by atoms with Gasteiger partial charge in [-0.3, -0.25) is 4.79 Å². The van der Waals surface area contributed by atoms with Crippen LogP contribution in [0.5, 0.6) is 0 Å². The highest BCUT2D eigenvalue weighted by atomic mass is 19.1. The third kappa shape index (κ3) is 4.25. The summed E-state index contributed by atoms with van der Waals surface area (Å²) in [4.78, 5) is 17.2. The molecule has 0 unspecified atom stereocenters. The molecule has 3 fully saturated rings. The molecule has 4 nitrogen and oxygen atoms in total. The molecule has 154 valence electrons. The molecule has 0 bridgehead atoms. The molecule has 28 heavy (non-hydrogen) atoms. The standard InChI is InChI=1S/C23H33FN2O2/c1-17-4-3-9-25(14-17)15-20-13-23(16-28-20)7-10-26(11-8-23)22(27)19-6-5-18(2)21(24)12-19/h5-6,12,17,20H,3-4,7-11,13-16H2,1-2H3/t17-,20-/m0/s1. The maximum atomic E-state index is 13.8. The number of hydrogen-bond acceptors (Lipinski definition) is 3. The Bertz CT molecular complexity index is 715. The van der Waals surface area contributed by atoms with Gasteiger partial charge in [-0.05, 0) is 74.6 Å². The van der Waals surface area contributed by atoms with Gasteiger partial charge in [0.25, 0.3) is 5.91 Å². The number of benzene rings is 1. The first-order chi connectivity index (χ1) is 13.4. The van der Waals surface area contributed by atoms with Gasteiger partial charge in [-0.25, -0.2) is 4.39 Å². The predicted molar refractivity (Wildman–Crippen MR) is 108 cm³/mol. The molecule has 0 radical (unpaired) electrons. The lowest BCUT2D eigenvalue weighted by atomic mass is 9.76. The first-order valence-electron chi connectivity index (χ1n) is 10.8. The summed E-state index contributed by atoms with van der Waals surface area (Å²) in [6.45, 7) is 9.82. The van der Waals surface area contributed by atoms with E-state index in [4.69, 9.17) is 4.74 Å². The molecule has 0 N–H and O–H groups in total. The van der Waals surface area contributed by atoms with Crippen molar-refractivity contribution in [1.82, 2.24) is 9.80 Å². The Morgan fingerprint density at radius 1 is 1.29 bits per heavy atom. The van der Waals surface area contributed by atoms with Crippen molar-refractivity contribution >= 4 is 5.91 Å². The second kappa shape index (κ2) is 8.11. The van der Waals surface area contributed by atoms with Crippen LogP contribution >= 0.6 is 0 Å². The van der Waals surface area contributed by atoms with Crippen molar-refractivity contribution in [1.29, 1.82) is 0 Å². The molecule has 3 heterocycles. The van der Waals surface area contributed by atoms with Gasteiger partial charge < -0.3 is 14.5 Å². The number of carbonyl (C=O) groups excluding carboxylic acids is 1. The first-order valence-corrected chi connectivity index (χ1v) is 10.8. The Hall–Kier alpha value is -1.46. The number of ether oxygens (including phenoxy) is 1. The normalized spacial score (nSPS) is 28.0. The highest BCUT2D eigenvalue weighted by Gasteiger charge is 2.43. The summed E-state index contributed by atoms with van der Waals surface area (Å²) >= 11 is 0. The van der Waals surface area contributed by atoms with E-state index in [1.54, 1.807) is 19.1 Å². The topological polar surface area (TPSA) is 32.8 Å². The summed E-state index contributed by atoms with van der Waals surface area (Å²) in [7, 11) is 0. The maximum Gasteiger partial charge on any atom is 0.253 e. The number of carbonyl (C=O) groups is 1. The van der Waals surface area contributed by atoms with Crippen molar-refractivity contribution in [3.05, 3.63) is 35.1 Å². The number of amides is 1. The summed E-state index contributed by atoms with van der Waals surface area (Å²) < 4.78 is 20.0. The molecular formula is C23H33FN2O2. The van der Waals surface area contributed by atoms with E-state index in [9.17, 15) is 9.18 Å². The second-order valence-corrected chi connectivity index (χ2v) is 9.40. The van der Waals surface area contributed by atoms with Gasteiger partial charge in [0.2, 0.25) is 0 Å². The van der Waals surface area contributed by atoms with E-state index in [1.165, 1.54) is 32.0 Å². The van der Waals surface area contributed by atoms with Gasteiger partial charge in [0, 0.05) is 31.7 Å². The van der Waals surface area contributed by atoms with E-state index in [-0.39, 0.29) is 17.1 Å². The lowest BCUT2D eigenvalue weighted by Crippen LogP contribution is -2.44. The summed E-state index contributed by atoms with van der Waals surface area (Å²) in [5.41, 5.74) is 1.26. The van der Waals surface area contributed by atoms with Crippen LogP contribution in [0.15, 0.2) is 18.2 Å². The number of hydrogen-bond donors (Lipinski definition) is 0. The molecule has 0 aliphatic carbocycles. The zero-order valence-corrected chi connectivity index (χ0v) is 17.3. The van der Waals surface area contributed by atoms with Crippen molar-refractivity contribution in [2.24, 2.45) is 11.3 Å². The number of nitrogens with zero attached hydrogens (tertiary/aromatic N) is 2. The van der Waals surface area contributed by atoms with E-state index < -0.39 is 0 Å². The Kier molecular flexibility index (Phi) is 5.75. The maximum absolute atomic E-state index is 13.8. The van der Waals surface area contributed by atoms with Crippen LogP contribution in [-0.2, 0) is 4.74 Å². The fourth-order valence-electron chi connectivity index (χ4n) is 5.19. The predicted octanol–water partition coefficient (Wildman–Crippen LogP) is 3.88. The first kappa shape index (κ1) is 19.8. The lowest BCUT2D eigenvalue weighted by molar-refractivity contribution is 0.0402. The lowest BCUT2D eigenvalue weighted by Gasteiger charge is -2.38. The van der Waals surface area contributed by atoms with Gasteiger partial charge in [-0.2, -0.15) is 0 Å². The third-order valence-electron chi connectivity index (χ3n) is 7.02. The second-order valence-electron chi connectivity index (χ2n) is 9.40. The molecule has 1 aromatic carbocycles. The quantitative estimate of drug-likeness (QED) is 0.788.